The van der Waals surface area contributed by atoms with Crippen LogP contribution in [-0.4, -0.2) is 20.9 Å². The SMILES string of the molecule is O=C(Nc1nccs1)c1cccc2[nH]c(-c3ccc(Cl)cc3C(F)F)nc12. The number of nitrogens with one attached hydrogen (secondary N) is 2. The summed E-state index contributed by atoms with van der Waals surface area (Å²) >= 11 is 7.13. The molecule has 2 aromatic heterocycles. The summed E-state index contributed by atoms with van der Waals surface area (Å²) < 4.78 is 26.8. The molecular formula is C18H11ClF2N4OS. The number of rotatable bonds is 4. The van der Waals surface area contributed by atoms with Crippen molar-refractivity contribution in [1.82, 2.24) is 15.0 Å². The summed E-state index contributed by atoms with van der Waals surface area (Å²) in [5.74, 6) is -0.134. The molecule has 2 aromatic carbocycles. The first-order chi connectivity index (χ1) is 13.0. The summed E-state index contributed by atoms with van der Waals surface area (Å²) in [5, 5.41) is 5.12. The number of benzene rings is 2. The summed E-state index contributed by atoms with van der Waals surface area (Å²) in [6.07, 6.45) is -1.13. The van der Waals surface area contributed by atoms with Gasteiger partial charge in [0.2, 0.25) is 0 Å². The van der Waals surface area contributed by atoms with E-state index < -0.39 is 6.43 Å². The lowest BCUT2D eigenvalue weighted by Gasteiger charge is -2.06. The second-order valence-corrected chi connectivity index (χ2v) is 6.94. The van der Waals surface area contributed by atoms with Crippen LogP contribution >= 0.6 is 22.9 Å². The number of hydrogen-bond acceptors (Lipinski definition) is 4. The van der Waals surface area contributed by atoms with Gasteiger partial charge in [-0.1, -0.05) is 17.7 Å². The van der Waals surface area contributed by atoms with Gasteiger partial charge < -0.3 is 4.98 Å². The number of fused-ring (bicyclic) bond motifs is 1. The van der Waals surface area contributed by atoms with Crippen molar-refractivity contribution >= 4 is 45.0 Å². The second kappa shape index (κ2) is 7.05. The van der Waals surface area contributed by atoms with Crippen LogP contribution in [-0.2, 0) is 0 Å². The van der Waals surface area contributed by atoms with Gasteiger partial charge in [0, 0.05) is 27.7 Å². The van der Waals surface area contributed by atoms with Crippen LogP contribution in [0, 0.1) is 0 Å². The molecule has 0 spiro atoms. The zero-order chi connectivity index (χ0) is 19.0. The van der Waals surface area contributed by atoms with E-state index in [1.165, 1.54) is 29.5 Å². The normalized spacial score (nSPS) is 11.3. The van der Waals surface area contributed by atoms with Crippen molar-refractivity contribution in [2.45, 2.75) is 6.43 Å². The predicted molar refractivity (Wildman–Crippen MR) is 102 cm³/mol. The van der Waals surface area contributed by atoms with Crippen LogP contribution in [0.2, 0.25) is 5.02 Å². The Labute approximate surface area is 161 Å². The van der Waals surface area contributed by atoms with Crippen LogP contribution in [0.25, 0.3) is 22.4 Å². The van der Waals surface area contributed by atoms with Crippen molar-refractivity contribution < 1.29 is 13.6 Å². The van der Waals surface area contributed by atoms with Crippen molar-refractivity contribution in [3.05, 3.63) is 64.1 Å². The van der Waals surface area contributed by atoms with Gasteiger partial charge in [0.15, 0.2) is 5.13 Å². The number of anilines is 1. The number of aromatic amines is 1. The van der Waals surface area contributed by atoms with Crippen LogP contribution in [0.4, 0.5) is 13.9 Å². The third kappa shape index (κ3) is 3.41. The minimum absolute atomic E-state index is 0.216. The third-order valence-electron chi connectivity index (χ3n) is 3.91. The van der Waals surface area contributed by atoms with E-state index in [9.17, 15) is 13.6 Å². The molecule has 0 radical (unpaired) electrons. The molecule has 1 amide bonds. The van der Waals surface area contributed by atoms with Crippen LogP contribution in [0.3, 0.4) is 0 Å². The molecule has 5 nitrogen and oxygen atoms in total. The van der Waals surface area contributed by atoms with Gasteiger partial charge in [0.25, 0.3) is 12.3 Å². The standard InChI is InChI=1S/C18H11ClF2N4OS/c19-9-4-5-10(12(8-9)15(20)21)16-23-13-3-1-2-11(14(13)24-16)17(26)25-18-22-6-7-27-18/h1-8,15H,(H,23,24)(H,22,25,26). The molecule has 0 saturated heterocycles. The van der Waals surface area contributed by atoms with Crippen LogP contribution < -0.4 is 5.32 Å². The number of carbonyl (C=O) groups excluding carboxylic acids is 1. The smallest absolute Gasteiger partial charge is 0.264 e. The van der Waals surface area contributed by atoms with E-state index in [1.54, 1.807) is 29.8 Å². The van der Waals surface area contributed by atoms with Crippen LogP contribution in [0.15, 0.2) is 48.0 Å². The second-order valence-electron chi connectivity index (χ2n) is 5.61. The fraction of sp³-hybridized carbons (Fsp3) is 0.0556. The first-order valence-corrected chi connectivity index (χ1v) is 9.06. The van der Waals surface area contributed by atoms with E-state index in [4.69, 9.17) is 11.6 Å². The Bertz CT molecular complexity index is 1130. The quantitative estimate of drug-likeness (QED) is 0.469. The summed E-state index contributed by atoms with van der Waals surface area (Å²) in [5.41, 5.74) is 1.27. The summed E-state index contributed by atoms with van der Waals surface area (Å²) in [6, 6.07) is 9.25. The maximum absolute atomic E-state index is 13.4. The first kappa shape index (κ1) is 17.6. The summed E-state index contributed by atoms with van der Waals surface area (Å²) in [7, 11) is 0. The third-order valence-corrected chi connectivity index (χ3v) is 4.84. The average Bonchev–Trinajstić information content (AvgIpc) is 3.30. The zero-order valence-electron chi connectivity index (χ0n) is 13.5. The number of para-hydroxylation sites is 1. The monoisotopic (exact) mass is 404 g/mol. The van der Waals surface area contributed by atoms with Crippen molar-refractivity contribution in [2.24, 2.45) is 0 Å². The van der Waals surface area contributed by atoms with Gasteiger partial charge >= 0.3 is 0 Å². The Balaban J connectivity index is 1.79. The van der Waals surface area contributed by atoms with Gasteiger partial charge in [0.05, 0.1) is 11.1 Å². The molecule has 0 unspecified atom stereocenters. The van der Waals surface area contributed by atoms with Gasteiger partial charge in [-0.25, -0.2) is 18.7 Å². The van der Waals surface area contributed by atoms with Crippen molar-refractivity contribution in [3.8, 4) is 11.4 Å². The lowest BCUT2D eigenvalue weighted by molar-refractivity contribution is 0.102. The number of H-pyrrole nitrogens is 1. The molecule has 9 heteroatoms. The summed E-state index contributed by atoms with van der Waals surface area (Å²) in [6.45, 7) is 0. The van der Waals surface area contributed by atoms with E-state index >= 15 is 0 Å². The molecule has 0 aliphatic heterocycles. The number of amides is 1. The topological polar surface area (TPSA) is 70.7 Å². The van der Waals surface area contributed by atoms with Crippen LogP contribution in [0.1, 0.15) is 22.3 Å². The highest BCUT2D eigenvalue weighted by Gasteiger charge is 2.20. The lowest BCUT2D eigenvalue weighted by atomic mass is 10.1. The van der Waals surface area contributed by atoms with E-state index in [0.717, 1.165) is 0 Å². The number of hydrogen-bond donors (Lipinski definition) is 2. The lowest BCUT2D eigenvalue weighted by Crippen LogP contribution is -2.12. The van der Waals surface area contributed by atoms with E-state index in [0.29, 0.717) is 21.7 Å². The molecule has 4 aromatic rings. The van der Waals surface area contributed by atoms with Gasteiger partial charge in [0.1, 0.15) is 11.3 Å². The number of aromatic nitrogens is 3. The Kier molecular flexibility index (Phi) is 4.59. The van der Waals surface area contributed by atoms with Gasteiger partial charge in [-0.2, -0.15) is 0 Å². The highest BCUT2D eigenvalue weighted by atomic mass is 35.5. The minimum atomic E-state index is -2.71. The van der Waals surface area contributed by atoms with Gasteiger partial charge in [-0.3, -0.25) is 10.1 Å². The highest BCUT2D eigenvalue weighted by molar-refractivity contribution is 7.13. The maximum Gasteiger partial charge on any atom is 0.264 e. The largest absolute Gasteiger partial charge is 0.338 e. The highest BCUT2D eigenvalue weighted by Crippen LogP contribution is 2.33. The molecule has 0 fully saturated rings. The van der Waals surface area contributed by atoms with Crippen molar-refractivity contribution in [1.29, 1.82) is 0 Å². The van der Waals surface area contributed by atoms with Crippen molar-refractivity contribution in [3.63, 3.8) is 0 Å². The Morgan fingerprint density at radius 3 is 2.85 bits per heavy atom. The Morgan fingerprint density at radius 1 is 1.26 bits per heavy atom. The Hall–Kier alpha value is -2.84. The molecule has 0 aliphatic rings. The fourth-order valence-electron chi connectivity index (χ4n) is 2.72. The molecule has 2 N–H and O–H groups in total. The molecule has 27 heavy (non-hydrogen) atoms. The van der Waals surface area contributed by atoms with E-state index in [2.05, 4.69) is 20.3 Å². The van der Waals surface area contributed by atoms with Gasteiger partial charge in [-0.15, -0.1) is 11.3 Å². The molecule has 136 valence electrons. The minimum Gasteiger partial charge on any atom is -0.338 e. The number of carbonyl (C=O) groups is 1. The average molecular weight is 405 g/mol. The molecule has 0 atom stereocenters. The summed E-state index contributed by atoms with van der Waals surface area (Å²) in [4.78, 5) is 24.0. The number of halogens is 3. The molecule has 2 heterocycles. The first-order valence-electron chi connectivity index (χ1n) is 7.80. The maximum atomic E-state index is 13.4. The zero-order valence-corrected chi connectivity index (χ0v) is 15.1. The molecular weight excluding hydrogens is 394 g/mol. The molecule has 4 rings (SSSR count). The van der Waals surface area contributed by atoms with E-state index in [1.807, 2.05) is 0 Å². The molecule has 0 bridgehead atoms. The molecule has 0 aliphatic carbocycles. The van der Waals surface area contributed by atoms with Crippen molar-refractivity contribution in [2.75, 3.05) is 5.32 Å². The predicted octanol–water partition coefficient (Wildman–Crippen LogP) is 5.53. The molecule has 0 saturated carbocycles. The Morgan fingerprint density at radius 2 is 2.11 bits per heavy atom. The number of alkyl halides is 2. The van der Waals surface area contributed by atoms with Gasteiger partial charge in [-0.05, 0) is 30.3 Å². The number of imidazole rings is 1. The number of nitrogens with zero attached hydrogens (tertiary/aromatic N) is 2. The number of thiazole rings is 1. The fourth-order valence-corrected chi connectivity index (χ4v) is 3.43. The van der Waals surface area contributed by atoms with E-state index in [-0.39, 0.29) is 27.9 Å². The van der Waals surface area contributed by atoms with Crippen LogP contribution in [0.5, 0.6) is 0 Å².